The molecule has 0 aliphatic carbocycles. The number of hydrogen-bond donors (Lipinski definition) is 0. The number of rotatable bonds is 24. The SMILES string of the molecule is CCCCCCCCCCCCCCCC(=O)O[C@@H]1C[C@@H](CCOc2ccccc2CCc2cccc(OC(F)F)c2)N(C)C1.Cl. The standard InChI is InChI=1S/C38H57F2NO4.ClH/c1-3-4-5-6-7-8-9-10-11-12-13-14-15-23-37(42)44-35-29-33(41(2)30-35)26-27-43-36-22-17-16-20-32(36)25-24-31-19-18-21-34(28-31)45-38(39)40;/h16-22,28,33,35,38H,3-15,23-27,29-30H2,1-2H3;1H/t33-,35-;/m1./s1. The van der Waals surface area contributed by atoms with Crippen LogP contribution in [0.4, 0.5) is 8.78 Å². The Balaban J connectivity index is 0.00000736. The maximum Gasteiger partial charge on any atom is 0.387 e. The number of benzene rings is 2. The van der Waals surface area contributed by atoms with Crippen LogP contribution in [0.5, 0.6) is 11.5 Å². The van der Waals surface area contributed by atoms with Gasteiger partial charge in [0.15, 0.2) is 0 Å². The molecule has 1 heterocycles. The minimum atomic E-state index is -2.83. The number of para-hydroxylation sites is 1. The van der Waals surface area contributed by atoms with Crippen LogP contribution >= 0.6 is 12.4 Å². The Bertz CT molecular complexity index is 1090. The smallest absolute Gasteiger partial charge is 0.387 e. The van der Waals surface area contributed by atoms with Crippen molar-refractivity contribution in [1.82, 2.24) is 4.90 Å². The molecule has 8 heteroatoms. The Hall–Kier alpha value is -2.38. The molecule has 1 aliphatic heterocycles. The number of carbonyl (C=O) groups excluding carboxylic acids is 1. The summed E-state index contributed by atoms with van der Waals surface area (Å²) in [5, 5.41) is 0. The van der Waals surface area contributed by atoms with E-state index >= 15 is 0 Å². The van der Waals surface area contributed by atoms with Gasteiger partial charge in [-0.3, -0.25) is 9.69 Å². The number of nitrogens with zero attached hydrogens (tertiary/aromatic N) is 1. The molecule has 2 atom stereocenters. The molecule has 1 fully saturated rings. The Morgan fingerprint density at radius 3 is 2.20 bits per heavy atom. The molecular formula is C38H58ClF2NO4. The van der Waals surface area contributed by atoms with E-state index in [2.05, 4.69) is 23.6 Å². The average molecular weight is 666 g/mol. The average Bonchev–Trinajstić information content (AvgIpc) is 3.36. The number of esters is 1. The second-order valence-corrected chi connectivity index (χ2v) is 12.7. The van der Waals surface area contributed by atoms with Crippen LogP contribution in [0.15, 0.2) is 48.5 Å². The van der Waals surface area contributed by atoms with E-state index in [1.165, 1.54) is 70.6 Å². The zero-order valence-corrected chi connectivity index (χ0v) is 29.1. The molecule has 0 saturated carbocycles. The molecule has 3 rings (SSSR count). The third-order valence-corrected chi connectivity index (χ3v) is 8.92. The lowest BCUT2D eigenvalue weighted by Crippen LogP contribution is -2.27. The van der Waals surface area contributed by atoms with Crippen LogP contribution in [0, 0.1) is 0 Å². The van der Waals surface area contributed by atoms with Crippen LogP contribution in [-0.4, -0.2) is 49.8 Å². The highest BCUT2D eigenvalue weighted by Gasteiger charge is 2.31. The van der Waals surface area contributed by atoms with Gasteiger partial charge in [0.1, 0.15) is 17.6 Å². The van der Waals surface area contributed by atoms with Crippen molar-refractivity contribution in [3.8, 4) is 11.5 Å². The number of halogens is 3. The van der Waals surface area contributed by atoms with Crippen molar-refractivity contribution in [3.63, 3.8) is 0 Å². The van der Waals surface area contributed by atoms with Gasteiger partial charge < -0.3 is 14.2 Å². The lowest BCUT2D eigenvalue weighted by Gasteiger charge is -2.19. The number of unbranched alkanes of at least 4 members (excludes halogenated alkanes) is 12. The highest BCUT2D eigenvalue weighted by Crippen LogP contribution is 2.25. The first-order valence-corrected chi connectivity index (χ1v) is 17.6. The normalized spacial score (nSPS) is 16.4. The second kappa shape index (κ2) is 23.9. The van der Waals surface area contributed by atoms with Gasteiger partial charge in [0.25, 0.3) is 0 Å². The van der Waals surface area contributed by atoms with Gasteiger partial charge in [-0.25, -0.2) is 0 Å². The van der Waals surface area contributed by atoms with Gasteiger partial charge in [0, 0.05) is 25.4 Å². The molecule has 46 heavy (non-hydrogen) atoms. The van der Waals surface area contributed by atoms with Crippen molar-refractivity contribution in [1.29, 1.82) is 0 Å². The molecule has 260 valence electrons. The van der Waals surface area contributed by atoms with Crippen molar-refractivity contribution >= 4 is 18.4 Å². The molecule has 0 bridgehead atoms. The third-order valence-electron chi connectivity index (χ3n) is 8.92. The van der Waals surface area contributed by atoms with E-state index in [-0.39, 0.29) is 30.2 Å². The lowest BCUT2D eigenvalue weighted by molar-refractivity contribution is -0.148. The van der Waals surface area contributed by atoms with E-state index < -0.39 is 6.61 Å². The number of aryl methyl sites for hydroxylation is 2. The molecule has 2 aromatic rings. The predicted molar refractivity (Wildman–Crippen MR) is 186 cm³/mol. The van der Waals surface area contributed by atoms with Crippen LogP contribution < -0.4 is 9.47 Å². The van der Waals surface area contributed by atoms with Gasteiger partial charge >= 0.3 is 12.6 Å². The molecule has 0 radical (unpaired) electrons. The quantitative estimate of drug-likeness (QED) is 0.0825. The maximum atomic E-state index is 12.6. The largest absolute Gasteiger partial charge is 0.493 e. The fourth-order valence-electron chi connectivity index (χ4n) is 6.30. The molecule has 0 spiro atoms. The van der Waals surface area contributed by atoms with Crippen LogP contribution in [0.3, 0.4) is 0 Å². The minimum Gasteiger partial charge on any atom is -0.493 e. The minimum absolute atomic E-state index is 0. The summed E-state index contributed by atoms with van der Waals surface area (Å²) in [6, 6.07) is 15.1. The van der Waals surface area contributed by atoms with Crippen molar-refractivity contribution in [2.75, 3.05) is 20.2 Å². The fraction of sp³-hybridized carbons (Fsp3) is 0.658. The predicted octanol–water partition coefficient (Wildman–Crippen LogP) is 10.4. The topological polar surface area (TPSA) is 48.0 Å². The Labute approximate surface area is 283 Å². The van der Waals surface area contributed by atoms with E-state index in [9.17, 15) is 13.6 Å². The van der Waals surface area contributed by atoms with Gasteiger partial charge in [-0.05, 0) is 62.1 Å². The fourth-order valence-corrected chi connectivity index (χ4v) is 6.30. The third kappa shape index (κ3) is 16.4. The number of ether oxygens (including phenoxy) is 3. The van der Waals surface area contributed by atoms with Crippen molar-refractivity contribution < 1.29 is 27.8 Å². The number of hydrogen-bond acceptors (Lipinski definition) is 5. The van der Waals surface area contributed by atoms with Crippen LogP contribution in [0.2, 0.25) is 0 Å². The van der Waals surface area contributed by atoms with Crippen molar-refractivity contribution in [2.24, 2.45) is 0 Å². The van der Waals surface area contributed by atoms with Crippen molar-refractivity contribution in [2.45, 2.75) is 141 Å². The van der Waals surface area contributed by atoms with E-state index in [0.29, 0.717) is 25.5 Å². The van der Waals surface area contributed by atoms with Crippen LogP contribution in [0.25, 0.3) is 0 Å². The molecule has 0 N–H and O–H groups in total. The summed E-state index contributed by atoms with van der Waals surface area (Å²) < 4.78 is 41.7. The highest BCUT2D eigenvalue weighted by molar-refractivity contribution is 5.85. The van der Waals surface area contributed by atoms with Gasteiger partial charge in [0.2, 0.25) is 0 Å². The number of likely N-dealkylation sites (tertiary alicyclic amines) is 1. The monoisotopic (exact) mass is 665 g/mol. The van der Waals surface area contributed by atoms with E-state index in [0.717, 1.165) is 55.5 Å². The molecule has 5 nitrogen and oxygen atoms in total. The van der Waals surface area contributed by atoms with Crippen LogP contribution in [0.1, 0.15) is 121 Å². The second-order valence-electron chi connectivity index (χ2n) is 12.7. The molecule has 2 aromatic carbocycles. The molecular weight excluding hydrogens is 608 g/mol. The summed E-state index contributed by atoms with van der Waals surface area (Å²) in [5.41, 5.74) is 2.02. The molecule has 0 unspecified atom stereocenters. The summed E-state index contributed by atoms with van der Waals surface area (Å²) in [4.78, 5) is 14.7. The molecule has 1 aliphatic rings. The zero-order chi connectivity index (χ0) is 32.1. The summed E-state index contributed by atoms with van der Waals surface area (Å²) in [6.07, 6.45) is 20.4. The first kappa shape index (κ1) is 39.8. The van der Waals surface area contributed by atoms with Gasteiger partial charge in [-0.2, -0.15) is 8.78 Å². The van der Waals surface area contributed by atoms with E-state index in [1.807, 2.05) is 30.3 Å². The lowest BCUT2D eigenvalue weighted by atomic mass is 10.0. The first-order chi connectivity index (χ1) is 21.9. The Morgan fingerprint density at radius 1 is 0.870 bits per heavy atom. The molecule has 1 saturated heterocycles. The van der Waals surface area contributed by atoms with Crippen LogP contribution in [-0.2, 0) is 22.4 Å². The number of alkyl halides is 2. The summed E-state index contributed by atoms with van der Waals surface area (Å²) in [5.74, 6) is 0.962. The molecule has 0 amide bonds. The summed E-state index contributed by atoms with van der Waals surface area (Å²) in [7, 11) is 2.09. The van der Waals surface area contributed by atoms with E-state index in [1.54, 1.807) is 18.2 Å². The van der Waals surface area contributed by atoms with Crippen molar-refractivity contribution in [3.05, 3.63) is 59.7 Å². The maximum absolute atomic E-state index is 12.6. The van der Waals surface area contributed by atoms with E-state index in [4.69, 9.17) is 9.47 Å². The van der Waals surface area contributed by atoms with Gasteiger partial charge in [0.05, 0.1) is 6.61 Å². The zero-order valence-electron chi connectivity index (χ0n) is 28.2. The number of carbonyl (C=O) groups is 1. The van der Waals surface area contributed by atoms with Gasteiger partial charge in [-0.15, -0.1) is 12.4 Å². The highest BCUT2D eigenvalue weighted by atomic mass is 35.5. The Morgan fingerprint density at radius 2 is 1.52 bits per heavy atom. The first-order valence-electron chi connectivity index (χ1n) is 17.6. The summed E-state index contributed by atoms with van der Waals surface area (Å²) >= 11 is 0. The Kier molecular flexibility index (Phi) is 20.6. The molecule has 0 aromatic heterocycles. The van der Waals surface area contributed by atoms with Gasteiger partial charge in [-0.1, -0.05) is 114 Å². The summed E-state index contributed by atoms with van der Waals surface area (Å²) in [6.45, 7) is 0.774. The number of likely N-dealkylation sites (N-methyl/N-ethyl adjacent to an activating group) is 1.